The van der Waals surface area contributed by atoms with E-state index in [2.05, 4.69) is 32.8 Å². The van der Waals surface area contributed by atoms with E-state index < -0.39 is 0 Å². The predicted octanol–water partition coefficient (Wildman–Crippen LogP) is 2.09. The van der Waals surface area contributed by atoms with E-state index in [9.17, 15) is 0 Å². The molecule has 0 bridgehead atoms. The highest BCUT2D eigenvalue weighted by molar-refractivity contribution is 4.64. The maximum absolute atomic E-state index is 5.07. The second-order valence-electron chi connectivity index (χ2n) is 3.13. The van der Waals surface area contributed by atoms with Crippen LogP contribution < -0.4 is 5.48 Å². The van der Waals surface area contributed by atoms with Crippen LogP contribution in [0, 0.1) is 5.41 Å². The molecule has 2 heteroatoms. The van der Waals surface area contributed by atoms with Crippen LogP contribution in [0.2, 0.25) is 0 Å². The van der Waals surface area contributed by atoms with Crippen molar-refractivity contribution in [1.29, 1.82) is 0 Å². The first kappa shape index (κ1) is 9.50. The van der Waals surface area contributed by atoms with Crippen LogP contribution in [0.25, 0.3) is 0 Å². The van der Waals surface area contributed by atoms with Crippen LogP contribution in [-0.4, -0.2) is 6.61 Å². The lowest BCUT2D eigenvalue weighted by atomic mass is 9.92. The number of hydrogen-bond donors (Lipinski definition) is 1. The molecule has 0 aromatic rings. The molecule has 0 atom stereocenters. The smallest absolute Gasteiger partial charge is 0.0796 e. The highest BCUT2D eigenvalue weighted by Crippen LogP contribution is 2.18. The molecule has 0 radical (unpaired) electrons. The quantitative estimate of drug-likeness (QED) is 0.470. The molecule has 0 aliphatic rings. The molecule has 0 aliphatic heterocycles. The Hall–Kier alpha value is -0.500. The number of hydroxylamine groups is 1. The van der Waals surface area contributed by atoms with Crippen molar-refractivity contribution in [3.05, 3.63) is 12.8 Å². The topological polar surface area (TPSA) is 21.3 Å². The van der Waals surface area contributed by atoms with Crippen molar-refractivity contribution in [1.82, 2.24) is 5.48 Å². The van der Waals surface area contributed by atoms with E-state index in [1.54, 1.807) is 0 Å². The van der Waals surface area contributed by atoms with Crippen LogP contribution >= 0.6 is 0 Å². The normalized spacial score (nSPS) is 11.1. The summed E-state index contributed by atoms with van der Waals surface area (Å²) in [6.07, 6.45) is 2.65. The van der Waals surface area contributed by atoms with Crippen molar-refractivity contribution >= 4 is 0 Å². The Morgan fingerprint density at radius 3 is 2.60 bits per heavy atom. The Morgan fingerprint density at radius 2 is 2.20 bits per heavy atom. The largest absolute Gasteiger partial charge is 0.276 e. The lowest BCUT2D eigenvalue weighted by Gasteiger charge is -2.21. The average molecular weight is 143 g/mol. The molecule has 0 saturated heterocycles. The zero-order chi connectivity index (χ0) is 8.04. The molecule has 0 aliphatic carbocycles. The summed E-state index contributed by atoms with van der Waals surface area (Å²) in [5, 5.41) is 0. The van der Waals surface area contributed by atoms with Gasteiger partial charge in [-0.25, -0.2) is 0 Å². The summed E-state index contributed by atoms with van der Waals surface area (Å²) in [5.41, 5.74) is 2.86. The summed E-state index contributed by atoms with van der Waals surface area (Å²) >= 11 is 0. The van der Waals surface area contributed by atoms with Gasteiger partial charge in [0.1, 0.15) is 0 Å². The van der Waals surface area contributed by atoms with Crippen molar-refractivity contribution in [3.8, 4) is 0 Å². The molecule has 2 nitrogen and oxygen atoms in total. The van der Waals surface area contributed by atoms with E-state index in [1.165, 1.54) is 6.20 Å². The zero-order valence-corrected chi connectivity index (χ0v) is 7.11. The molecule has 10 heavy (non-hydrogen) atoms. The van der Waals surface area contributed by atoms with Gasteiger partial charge in [-0.05, 0) is 11.8 Å². The molecule has 0 amide bonds. The van der Waals surface area contributed by atoms with Gasteiger partial charge in [-0.3, -0.25) is 10.3 Å². The summed E-state index contributed by atoms with van der Waals surface area (Å²) in [6.45, 7) is 10.7. The summed E-state index contributed by atoms with van der Waals surface area (Å²) < 4.78 is 0. The number of nitrogens with one attached hydrogen (secondary N) is 1. The van der Waals surface area contributed by atoms with E-state index in [4.69, 9.17) is 4.84 Å². The minimum absolute atomic E-state index is 0.260. The Bertz CT molecular complexity index is 99.4. The van der Waals surface area contributed by atoms with E-state index in [1.807, 2.05) is 0 Å². The summed E-state index contributed by atoms with van der Waals surface area (Å²) in [5.74, 6) is 0. The van der Waals surface area contributed by atoms with Crippen LogP contribution in [0.1, 0.15) is 27.2 Å². The Morgan fingerprint density at radius 1 is 1.60 bits per heavy atom. The molecule has 0 spiro atoms. The van der Waals surface area contributed by atoms with Crippen LogP contribution in [-0.2, 0) is 4.84 Å². The molecule has 0 saturated carbocycles. The van der Waals surface area contributed by atoms with Gasteiger partial charge in [0, 0.05) is 6.20 Å². The van der Waals surface area contributed by atoms with E-state index in [0.717, 1.165) is 13.0 Å². The SMILES string of the molecule is C=CNOCC(C)(C)CC. The predicted molar refractivity (Wildman–Crippen MR) is 43.4 cm³/mol. The first-order valence-electron chi connectivity index (χ1n) is 3.60. The second kappa shape index (κ2) is 4.34. The molecular formula is C8H17NO. The standard InChI is InChI=1S/C8H17NO/c1-5-8(3,4)7-10-9-6-2/h6,9H,2,5,7H2,1,3-4H3. The van der Waals surface area contributed by atoms with Gasteiger partial charge in [-0.2, -0.15) is 0 Å². The first-order valence-corrected chi connectivity index (χ1v) is 3.60. The average Bonchev–Trinajstić information content (AvgIpc) is 1.89. The molecule has 0 aromatic carbocycles. The van der Waals surface area contributed by atoms with Crippen LogP contribution in [0.15, 0.2) is 12.8 Å². The van der Waals surface area contributed by atoms with Crippen LogP contribution in [0.4, 0.5) is 0 Å². The number of rotatable bonds is 5. The van der Waals surface area contributed by atoms with Gasteiger partial charge < -0.3 is 0 Å². The molecule has 1 N–H and O–H groups in total. The monoisotopic (exact) mass is 143 g/mol. The molecular weight excluding hydrogens is 126 g/mol. The van der Waals surface area contributed by atoms with E-state index in [-0.39, 0.29) is 5.41 Å². The highest BCUT2D eigenvalue weighted by Gasteiger charge is 2.14. The van der Waals surface area contributed by atoms with Crippen molar-refractivity contribution in [2.24, 2.45) is 5.41 Å². The van der Waals surface area contributed by atoms with Crippen molar-refractivity contribution < 1.29 is 4.84 Å². The van der Waals surface area contributed by atoms with Gasteiger partial charge in [0.2, 0.25) is 0 Å². The van der Waals surface area contributed by atoms with Crippen LogP contribution in [0.3, 0.4) is 0 Å². The van der Waals surface area contributed by atoms with Gasteiger partial charge in [0.25, 0.3) is 0 Å². The number of hydrogen-bond acceptors (Lipinski definition) is 2. The molecule has 0 rings (SSSR count). The molecule has 60 valence electrons. The van der Waals surface area contributed by atoms with E-state index in [0.29, 0.717) is 0 Å². The third-order valence-corrected chi connectivity index (χ3v) is 1.59. The third kappa shape index (κ3) is 4.39. The first-order chi connectivity index (χ1) is 4.62. The molecule has 0 unspecified atom stereocenters. The minimum Gasteiger partial charge on any atom is -0.276 e. The van der Waals surface area contributed by atoms with Gasteiger partial charge in [0.15, 0.2) is 0 Å². The van der Waals surface area contributed by atoms with E-state index >= 15 is 0 Å². The summed E-state index contributed by atoms with van der Waals surface area (Å²) in [4.78, 5) is 5.07. The lowest BCUT2D eigenvalue weighted by Crippen LogP contribution is -2.22. The molecule has 0 heterocycles. The third-order valence-electron chi connectivity index (χ3n) is 1.59. The minimum atomic E-state index is 0.260. The van der Waals surface area contributed by atoms with Crippen molar-refractivity contribution in [2.45, 2.75) is 27.2 Å². The Balaban J connectivity index is 3.36. The zero-order valence-electron chi connectivity index (χ0n) is 7.11. The fourth-order valence-corrected chi connectivity index (χ4v) is 0.398. The van der Waals surface area contributed by atoms with Gasteiger partial charge in [-0.1, -0.05) is 27.4 Å². The van der Waals surface area contributed by atoms with Gasteiger partial charge in [0.05, 0.1) is 6.61 Å². The van der Waals surface area contributed by atoms with Crippen molar-refractivity contribution in [2.75, 3.05) is 6.61 Å². The fourth-order valence-electron chi connectivity index (χ4n) is 0.398. The summed E-state index contributed by atoms with van der Waals surface area (Å²) in [7, 11) is 0. The lowest BCUT2D eigenvalue weighted by molar-refractivity contribution is 0.0126. The summed E-state index contributed by atoms with van der Waals surface area (Å²) in [6, 6.07) is 0. The van der Waals surface area contributed by atoms with Gasteiger partial charge >= 0.3 is 0 Å². The molecule has 0 aromatic heterocycles. The maximum atomic E-state index is 5.07. The highest BCUT2D eigenvalue weighted by atomic mass is 16.6. The van der Waals surface area contributed by atoms with Crippen LogP contribution in [0.5, 0.6) is 0 Å². The fraction of sp³-hybridized carbons (Fsp3) is 0.750. The second-order valence-corrected chi connectivity index (χ2v) is 3.13. The Labute approximate surface area is 63.2 Å². The molecule has 0 fully saturated rings. The Kier molecular flexibility index (Phi) is 4.12. The van der Waals surface area contributed by atoms with Crippen molar-refractivity contribution in [3.63, 3.8) is 0 Å². The van der Waals surface area contributed by atoms with Gasteiger partial charge in [-0.15, -0.1) is 0 Å². The maximum Gasteiger partial charge on any atom is 0.0796 e.